The molecular formula is C26H27F3N6OS. The van der Waals surface area contributed by atoms with Crippen molar-refractivity contribution < 1.29 is 18.0 Å². The summed E-state index contributed by atoms with van der Waals surface area (Å²) in [7, 11) is 5.67. The van der Waals surface area contributed by atoms with Crippen LogP contribution in [0.2, 0.25) is 0 Å². The topological polar surface area (TPSA) is 87.4 Å². The van der Waals surface area contributed by atoms with Gasteiger partial charge in [-0.15, -0.1) is 0 Å². The van der Waals surface area contributed by atoms with Crippen molar-refractivity contribution in [1.82, 2.24) is 14.9 Å². The molecule has 1 aromatic heterocycles. The highest BCUT2D eigenvalue weighted by Crippen LogP contribution is 2.35. The predicted molar refractivity (Wildman–Crippen MR) is 143 cm³/mol. The van der Waals surface area contributed by atoms with E-state index in [-0.39, 0.29) is 17.2 Å². The van der Waals surface area contributed by atoms with Gasteiger partial charge in [0.15, 0.2) is 0 Å². The van der Waals surface area contributed by atoms with Crippen molar-refractivity contribution in [3.05, 3.63) is 65.0 Å². The Morgan fingerprint density at radius 3 is 2.49 bits per heavy atom. The van der Waals surface area contributed by atoms with Crippen molar-refractivity contribution in [2.45, 2.75) is 19.0 Å². The summed E-state index contributed by atoms with van der Waals surface area (Å²) in [5, 5.41) is 2.65. The van der Waals surface area contributed by atoms with E-state index >= 15 is 0 Å². The number of amides is 1. The fraction of sp³-hybridized carbons (Fsp3) is 0.308. The molecule has 0 unspecified atom stereocenters. The Morgan fingerprint density at radius 1 is 1.14 bits per heavy atom. The molecule has 0 saturated carbocycles. The van der Waals surface area contributed by atoms with Gasteiger partial charge in [-0.05, 0) is 57.4 Å². The van der Waals surface area contributed by atoms with Gasteiger partial charge in [0, 0.05) is 48.4 Å². The molecule has 0 atom stereocenters. The number of anilines is 3. The number of alkyl halides is 3. The number of nitrogens with one attached hydrogen (secondary N) is 1. The number of aromatic nitrogens is 2. The lowest BCUT2D eigenvalue weighted by Gasteiger charge is -2.24. The smallest absolute Gasteiger partial charge is 0.373 e. The van der Waals surface area contributed by atoms with Crippen LogP contribution in [0.25, 0.3) is 0 Å². The molecule has 1 heterocycles. The Balaban J connectivity index is 1.86. The number of hydrogen-bond acceptors (Lipinski definition) is 7. The van der Waals surface area contributed by atoms with Crippen LogP contribution in [0.15, 0.2) is 53.9 Å². The molecule has 2 aromatic rings. The number of nitrogens with two attached hydrogens (primary N) is 1. The number of hydrogen-bond donors (Lipinski definition) is 2. The maximum Gasteiger partial charge on any atom is 0.416 e. The zero-order valence-corrected chi connectivity index (χ0v) is 21.5. The highest BCUT2D eigenvalue weighted by molar-refractivity contribution is 7.80. The second kappa shape index (κ2) is 12.0. The zero-order chi connectivity index (χ0) is 27.2. The van der Waals surface area contributed by atoms with Gasteiger partial charge in [-0.3, -0.25) is 4.79 Å². The summed E-state index contributed by atoms with van der Waals surface area (Å²) >= 11 is 5.33. The van der Waals surface area contributed by atoms with Crippen LogP contribution in [0, 0.1) is 11.8 Å². The van der Waals surface area contributed by atoms with Crippen molar-refractivity contribution in [2.75, 3.05) is 50.2 Å². The molecule has 3 rings (SSSR count). The minimum Gasteiger partial charge on any atom is -0.373 e. The van der Waals surface area contributed by atoms with Crippen LogP contribution in [0.5, 0.6) is 0 Å². The molecule has 37 heavy (non-hydrogen) atoms. The van der Waals surface area contributed by atoms with Crippen LogP contribution in [-0.2, 0) is 11.0 Å². The normalized spacial score (nSPS) is 13.4. The highest BCUT2D eigenvalue weighted by Gasteiger charge is 2.31. The van der Waals surface area contributed by atoms with E-state index in [9.17, 15) is 18.0 Å². The van der Waals surface area contributed by atoms with Gasteiger partial charge in [0.25, 0.3) is 5.91 Å². The van der Waals surface area contributed by atoms with Crippen LogP contribution in [0.4, 0.5) is 30.5 Å². The van der Waals surface area contributed by atoms with E-state index in [1.807, 2.05) is 23.9 Å². The van der Waals surface area contributed by atoms with E-state index in [4.69, 9.17) is 18.0 Å². The number of carbonyl (C=O) groups is 1. The van der Waals surface area contributed by atoms with E-state index < -0.39 is 17.6 Å². The van der Waals surface area contributed by atoms with Gasteiger partial charge < -0.3 is 20.9 Å². The first kappa shape index (κ1) is 27.8. The van der Waals surface area contributed by atoms with Crippen molar-refractivity contribution in [2.24, 2.45) is 0 Å². The first-order chi connectivity index (χ1) is 17.4. The minimum atomic E-state index is -4.55. The number of rotatable bonds is 7. The maximum atomic E-state index is 13.4. The van der Waals surface area contributed by atoms with Crippen molar-refractivity contribution in [1.29, 1.82) is 0 Å². The third kappa shape index (κ3) is 8.13. The third-order valence-electron chi connectivity index (χ3n) is 5.39. The Morgan fingerprint density at radius 2 is 1.84 bits per heavy atom. The number of allylic oxidation sites excluding steroid dienone is 2. The van der Waals surface area contributed by atoms with Crippen LogP contribution in [-0.4, -0.2) is 59.9 Å². The fourth-order valence-electron chi connectivity index (χ4n) is 3.54. The molecule has 0 radical (unpaired) electrons. The van der Waals surface area contributed by atoms with Crippen molar-refractivity contribution in [3.8, 4) is 11.8 Å². The molecule has 7 nitrogen and oxygen atoms in total. The zero-order valence-electron chi connectivity index (χ0n) is 20.7. The number of carbonyl (C=O) groups excluding carboxylic acids is 1. The SMILES string of the molecule is CN(C)CCCN(C)c1ccc(C(F)(F)F)cc1NC(=O)C1=CC(=S)CC(C#Cc2cnc(N)nc2)=C1. The summed E-state index contributed by atoms with van der Waals surface area (Å²) in [6.45, 7) is 1.40. The number of nitrogen functional groups attached to an aromatic ring is 1. The van der Waals surface area contributed by atoms with E-state index in [2.05, 4.69) is 27.1 Å². The van der Waals surface area contributed by atoms with Gasteiger partial charge in [-0.2, -0.15) is 13.2 Å². The van der Waals surface area contributed by atoms with E-state index in [1.54, 1.807) is 13.1 Å². The molecular weight excluding hydrogens is 501 g/mol. The van der Waals surface area contributed by atoms with E-state index in [0.717, 1.165) is 25.1 Å². The molecule has 11 heteroatoms. The molecule has 0 saturated heterocycles. The predicted octanol–water partition coefficient (Wildman–Crippen LogP) is 4.08. The minimum absolute atomic E-state index is 0.0598. The molecule has 1 aromatic carbocycles. The summed E-state index contributed by atoms with van der Waals surface area (Å²) in [5.41, 5.74) is 6.48. The van der Waals surface area contributed by atoms with Gasteiger partial charge in [-0.1, -0.05) is 24.1 Å². The Labute approximate surface area is 219 Å². The summed E-state index contributed by atoms with van der Waals surface area (Å²) in [6.07, 6.45) is 2.65. The summed E-state index contributed by atoms with van der Waals surface area (Å²) in [5.74, 6) is 5.39. The lowest BCUT2D eigenvalue weighted by molar-refractivity contribution is -0.137. The molecule has 3 N–H and O–H groups in total. The molecule has 0 aliphatic heterocycles. The number of thiocarbonyl (C=S) groups is 1. The molecule has 0 spiro atoms. The highest BCUT2D eigenvalue weighted by atomic mass is 32.1. The fourth-order valence-corrected chi connectivity index (χ4v) is 3.83. The summed E-state index contributed by atoms with van der Waals surface area (Å²) in [6, 6.07) is 3.33. The molecule has 0 bridgehead atoms. The van der Waals surface area contributed by atoms with Crippen LogP contribution in [0.1, 0.15) is 24.0 Å². The number of halogens is 3. The van der Waals surface area contributed by atoms with Gasteiger partial charge >= 0.3 is 6.18 Å². The van der Waals surface area contributed by atoms with Gasteiger partial charge in [-0.25, -0.2) is 9.97 Å². The lowest BCUT2D eigenvalue weighted by atomic mass is 9.98. The van der Waals surface area contributed by atoms with Gasteiger partial charge in [0.1, 0.15) is 0 Å². The number of benzene rings is 1. The van der Waals surface area contributed by atoms with Gasteiger partial charge in [0.2, 0.25) is 5.95 Å². The number of nitrogens with zero attached hydrogens (tertiary/aromatic N) is 4. The summed E-state index contributed by atoms with van der Waals surface area (Å²) in [4.78, 5) is 25.2. The standard InChI is InChI=1S/C26H27F3N6OS/c1-34(2)9-4-10-35(3)23-8-7-20(26(27,28)29)14-22(23)33-24(36)19-11-17(12-21(37)13-19)5-6-18-15-31-25(30)32-16-18/h7-8,11,13-16H,4,9-10,12H2,1-3H3,(H,33,36)(H2,30,31,32). The molecule has 1 aliphatic carbocycles. The molecule has 194 valence electrons. The van der Waals surface area contributed by atoms with Crippen molar-refractivity contribution in [3.63, 3.8) is 0 Å². The first-order valence-electron chi connectivity index (χ1n) is 11.4. The average Bonchev–Trinajstić information content (AvgIpc) is 2.82. The monoisotopic (exact) mass is 528 g/mol. The maximum absolute atomic E-state index is 13.4. The van der Waals surface area contributed by atoms with E-state index in [0.29, 0.717) is 34.7 Å². The second-order valence-corrected chi connectivity index (χ2v) is 9.28. The Bertz CT molecular complexity index is 1290. The van der Waals surface area contributed by atoms with Crippen LogP contribution >= 0.6 is 12.2 Å². The molecule has 1 aliphatic rings. The van der Waals surface area contributed by atoms with E-state index in [1.165, 1.54) is 24.5 Å². The Kier molecular flexibility index (Phi) is 9.02. The third-order valence-corrected chi connectivity index (χ3v) is 5.66. The average molecular weight is 529 g/mol. The van der Waals surface area contributed by atoms with Crippen LogP contribution < -0.4 is 16.0 Å². The quantitative estimate of drug-likeness (QED) is 0.414. The first-order valence-corrected chi connectivity index (χ1v) is 11.8. The second-order valence-electron chi connectivity index (χ2n) is 8.75. The van der Waals surface area contributed by atoms with Crippen LogP contribution in [0.3, 0.4) is 0 Å². The Hall–Kier alpha value is -3.75. The molecule has 1 amide bonds. The summed E-state index contributed by atoms with van der Waals surface area (Å²) < 4.78 is 40.3. The molecule has 0 fully saturated rings. The largest absolute Gasteiger partial charge is 0.416 e. The van der Waals surface area contributed by atoms with Crippen molar-refractivity contribution >= 4 is 40.3 Å². The lowest BCUT2D eigenvalue weighted by Crippen LogP contribution is -2.25. The van der Waals surface area contributed by atoms with Gasteiger partial charge in [0.05, 0.1) is 22.5 Å².